The molecule has 2 aliphatic rings. The molecule has 0 aromatic carbocycles. The van der Waals surface area contributed by atoms with Crippen LogP contribution in [0.2, 0.25) is 0 Å². The van der Waals surface area contributed by atoms with Gasteiger partial charge in [0.2, 0.25) is 11.8 Å². The van der Waals surface area contributed by atoms with E-state index in [1.54, 1.807) is 0 Å². The smallest absolute Gasteiger partial charge is 0.225 e. The number of piperazine rings is 1. The summed E-state index contributed by atoms with van der Waals surface area (Å²) < 4.78 is 0. The van der Waals surface area contributed by atoms with Crippen molar-refractivity contribution in [2.45, 2.75) is 57.5 Å². The third-order valence-corrected chi connectivity index (χ3v) is 6.37. The number of thioether (sulfide) groups is 1. The highest BCUT2D eigenvalue weighted by atomic mass is 32.2. The van der Waals surface area contributed by atoms with Gasteiger partial charge in [-0.15, -0.1) is 0 Å². The molecule has 0 radical (unpaired) electrons. The van der Waals surface area contributed by atoms with E-state index in [-0.39, 0.29) is 11.8 Å². The molecular formula is C20H30N4O2S. The van der Waals surface area contributed by atoms with Crippen molar-refractivity contribution >= 4 is 23.6 Å². The minimum Gasteiger partial charge on any atom is -0.339 e. The topological polar surface area (TPSA) is 66.4 Å². The van der Waals surface area contributed by atoms with Crippen LogP contribution in [0.15, 0.2) is 5.16 Å². The summed E-state index contributed by atoms with van der Waals surface area (Å²) in [6.45, 7) is 6.62. The maximum absolute atomic E-state index is 12.6. The fourth-order valence-corrected chi connectivity index (χ4v) is 4.62. The van der Waals surface area contributed by atoms with Gasteiger partial charge in [-0.25, -0.2) is 9.97 Å². The van der Waals surface area contributed by atoms with Gasteiger partial charge in [0.25, 0.3) is 0 Å². The Morgan fingerprint density at radius 1 is 1.00 bits per heavy atom. The monoisotopic (exact) mass is 390 g/mol. The average molecular weight is 391 g/mol. The molecule has 2 fully saturated rings. The third-order valence-electron chi connectivity index (χ3n) is 5.82. The lowest BCUT2D eigenvalue weighted by Crippen LogP contribution is -2.51. The van der Waals surface area contributed by atoms with Gasteiger partial charge in [0.15, 0.2) is 5.16 Å². The van der Waals surface area contributed by atoms with Crippen molar-refractivity contribution in [2.75, 3.05) is 32.4 Å². The second-order valence-corrected chi connectivity index (χ2v) is 8.32. The van der Waals surface area contributed by atoms with E-state index in [4.69, 9.17) is 0 Å². The van der Waals surface area contributed by atoms with Crippen molar-refractivity contribution in [1.29, 1.82) is 0 Å². The molecule has 1 aromatic rings. The standard InChI is InChI=1S/C20H30N4O2S/c1-14-17(15(2)22-20(21-14)27-3)8-9-18(25)23-10-12-24(13-11-23)19(26)16-6-4-5-7-16/h16H,4-13H2,1-3H3. The van der Waals surface area contributed by atoms with E-state index in [0.29, 0.717) is 44.9 Å². The molecule has 3 rings (SSSR count). The summed E-state index contributed by atoms with van der Waals surface area (Å²) in [7, 11) is 0. The van der Waals surface area contributed by atoms with E-state index in [9.17, 15) is 9.59 Å². The summed E-state index contributed by atoms with van der Waals surface area (Å²) in [5.74, 6) is 0.690. The van der Waals surface area contributed by atoms with Crippen molar-refractivity contribution in [3.05, 3.63) is 17.0 Å². The van der Waals surface area contributed by atoms with Gasteiger partial charge in [0.1, 0.15) is 0 Å². The zero-order valence-corrected chi connectivity index (χ0v) is 17.5. The van der Waals surface area contributed by atoms with Crippen LogP contribution in [0.1, 0.15) is 49.1 Å². The van der Waals surface area contributed by atoms with Gasteiger partial charge in [0, 0.05) is 49.9 Å². The molecule has 0 spiro atoms. The highest BCUT2D eigenvalue weighted by Crippen LogP contribution is 2.27. The number of rotatable bonds is 5. The zero-order chi connectivity index (χ0) is 19.4. The van der Waals surface area contributed by atoms with Crippen molar-refractivity contribution in [3.63, 3.8) is 0 Å². The lowest BCUT2D eigenvalue weighted by atomic mass is 10.1. The third kappa shape index (κ3) is 4.81. The van der Waals surface area contributed by atoms with E-state index in [1.165, 1.54) is 24.6 Å². The highest BCUT2D eigenvalue weighted by molar-refractivity contribution is 7.98. The Bertz CT molecular complexity index is 672. The summed E-state index contributed by atoms with van der Waals surface area (Å²) in [5.41, 5.74) is 3.01. The highest BCUT2D eigenvalue weighted by Gasteiger charge is 2.30. The van der Waals surface area contributed by atoms with Crippen LogP contribution in [-0.2, 0) is 16.0 Å². The van der Waals surface area contributed by atoms with Crippen molar-refractivity contribution in [3.8, 4) is 0 Å². The summed E-state index contributed by atoms with van der Waals surface area (Å²) in [6.07, 6.45) is 7.54. The molecule has 1 aliphatic carbocycles. The lowest BCUT2D eigenvalue weighted by Gasteiger charge is -2.36. The number of aromatic nitrogens is 2. The summed E-state index contributed by atoms with van der Waals surface area (Å²) in [6, 6.07) is 0. The Kier molecular flexibility index (Phi) is 6.73. The molecule has 1 aliphatic heterocycles. The number of carbonyl (C=O) groups excluding carboxylic acids is 2. The van der Waals surface area contributed by atoms with E-state index >= 15 is 0 Å². The molecule has 0 unspecified atom stereocenters. The van der Waals surface area contributed by atoms with Crippen LogP contribution in [0, 0.1) is 19.8 Å². The SMILES string of the molecule is CSc1nc(C)c(CCC(=O)N2CCN(C(=O)C3CCCC3)CC2)c(C)n1. The Labute approximate surface area is 166 Å². The van der Waals surface area contributed by atoms with Crippen molar-refractivity contribution in [2.24, 2.45) is 5.92 Å². The summed E-state index contributed by atoms with van der Waals surface area (Å²) >= 11 is 1.53. The molecule has 0 bridgehead atoms. The Morgan fingerprint density at radius 2 is 1.56 bits per heavy atom. The van der Waals surface area contributed by atoms with Crippen LogP contribution in [0.25, 0.3) is 0 Å². The zero-order valence-electron chi connectivity index (χ0n) is 16.7. The van der Waals surface area contributed by atoms with E-state index in [1.807, 2.05) is 29.9 Å². The fourth-order valence-electron chi connectivity index (χ4n) is 4.16. The molecule has 1 aromatic heterocycles. The molecule has 6 nitrogen and oxygen atoms in total. The summed E-state index contributed by atoms with van der Waals surface area (Å²) in [5, 5.41) is 0.781. The Balaban J connectivity index is 1.49. The maximum Gasteiger partial charge on any atom is 0.225 e. The normalized spacial score (nSPS) is 18.2. The van der Waals surface area contributed by atoms with Crippen LogP contribution < -0.4 is 0 Å². The number of hydrogen-bond acceptors (Lipinski definition) is 5. The predicted molar refractivity (Wildman–Crippen MR) is 107 cm³/mol. The first-order valence-corrected chi connectivity index (χ1v) is 11.2. The minimum absolute atomic E-state index is 0.163. The number of aryl methyl sites for hydroxylation is 2. The van der Waals surface area contributed by atoms with Crippen LogP contribution in [0.5, 0.6) is 0 Å². The number of amides is 2. The van der Waals surface area contributed by atoms with E-state index in [0.717, 1.165) is 34.9 Å². The first-order chi connectivity index (χ1) is 13.0. The van der Waals surface area contributed by atoms with Gasteiger partial charge in [0.05, 0.1) is 0 Å². The van der Waals surface area contributed by atoms with Crippen LogP contribution >= 0.6 is 11.8 Å². The predicted octanol–water partition coefficient (Wildman–Crippen LogP) is 2.61. The van der Waals surface area contributed by atoms with Gasteiger partial charge in [-0.2, -0.15) is 0 Å². The van der Waals surface area contributed by atoms with Crippen LogP contribution in [-0.4, -0.2) is 64.0 Å². The van der Waals surface area contributed by atoms with Gasteiger partial charge in [-0.1, -0.05) is 24.6 Å². The number of hydrogen-bond donors (Lipinski definition) is 0. The molecule has 1 saturated heterocycles. The molecule has 7 heteroatoms. The number of nitrogens with zero attached hydrogens (tertiary/aromatic N) is 4. The van der Waals surface area contributed by atoms with Crippen LogP contribution in [0.4, 0.5) is 0 Å². The van der Waals surface area contributed by atoms with Crippen molar-refractivity contribution in [1.82, 2.24) is 19.8 Å². The molecular weight excluding hydrogens is 360 g/mol. The van der Waals surface area contributed by atoms with Crippen LogP contribution in [0.3, 0.4) is 0 Å². The van der Waals surface area contributed by atoms with Gasteiger partial charge < -0.3 is 9.80 Å². The van der Waals surface area contributed by atoms with Crippen molar-refractivity contribution < 1.29 is 9.59 Å². The fraction of sp³-hybridized carbons (Fsp3) is 0.700. The first-order valence-electron chi connectivity index (χ1n) is 9.94. The molecule has 27 heavy (non-hydrogen) atoms. The average Bonchev–Trinajstić information content (AvgIpc) is 3.21. The van der Waals surface area contributed by atoms with E-state index < -0.39 is 0 Å². The largest absolute Gasteiger partial charge is 0.339 e. The Morgan fingerprint density at radius 3 is 2.11 bits per heavy atom. The van der Waals surface area contributed by atoms with Gasteiger partial charge in [-0.05, 0) is 44.9 Å². The number of carbonyl (C=O) groups is 2. The Hall–Kier alpha value is -1.63. The quantitative estimate of drug-likeness (QED) is 0.571. The second kappa shape index (κ2) is 9.04. The molecule has 0 atom stereocenters. The first kappa shape index (κ1) is 20.1. The second-order valence-electron chi connectivity index (χ2n) is 7.55. The lowest BCUT2D eigenvalue weighted by molar-refractivity contribution is -0.142. The maximum atomic E-state index is 12.6. The van der Waals surface area contributed by atoms with Gasteiger partial charge >= 0.3 is 0 Å². The molecule has 1 saturated carbocycles. The summed E-state index contributed by atoms with van der Waals surface area (Å²) in [4.78, 5) is 38.0. The molecule has 148 valence electrons. The van der Waals surface area contributed by atoms with E-state index in [2.05, 4.69) is 9.97 Å². The van der Waals surface area contributed by atoms with Gasteiger partial charge in [-0.3, -0.25) is 9.59 Å². The molecule has 2 heterocycles. The molecule has 0 N–H and O–H groups in total. The molecule has 2 amide bonds. The minimum atomic E-state index is 0.163.